The van der Waals surface area contributed by atoms with E-state index in [-0.39, 0.29) is 0 Å². The molecule has 140 valence electrons. The molecule has 0 aliphatic heterocycles. The van der Waals surface area contributed by atoms with Crippen LogP contribution >= 0.6 is 0 Å². The van der Waals surface area contributed by atoms with E-state index in [1.807, 2.05) is 48.5 Å². The molecule has 4 aromatic carbocycles. The maximum Gasteiger partial charge on any atom is 0.0498 e. The third-order valence-electron chi connectivity index (χ3n) is 4.88. The topological polar surface area (TPSA) is 34.1 Å². The molecular formula is C24H20O2S2. The van der Waals surface area contributed by atoms with E-state index in [0.717, 1.165) is 32.0 Å². The monoisotopic (exact) mass is 404 g/mol. The summed E-state index contributed by atoms with van der Waals surface area (Å²) in [4.78, 5) is 1.67. The first kappa shape index (κ1) is 18.8. The summed E-state index contributed by atoms with van der Waals surface area (Å²) >= 11 is 0. The molecule has 0 aliphatic rings. The second-order valence-electron chi connectivity index (χ2n) is 6.73. The summed E-state index contributed by atoms with van der Waals surface area (Å²) in [7, 11) is -1.93. The van der Waals surface area contributed by atoms with Crippen molar-refractivity contribution in [1.82, 2.24) is 0 Å². The molecular weight excluding hydrogens is 384 g/mol. The van der Waals surface area contributed by atoms with Gasteiger partial charge < -0.3 is 0 Å². The molecule has 0 bridgehead atoms. The molecule has 0 radical (unpaired) electrons. The molecule has 4 aromatic rings. The van der Waals surface area contributed by atoms with Gasteiger partial charge in [-0.3, -0.25) is 8.42 Å². The van der Waals surface area contributed by atoms with Crippen LogP contribution in [0.4, 0.5) is 0 Å². The normalized spacial score (nSPS) is 13.4. The zero-order valence-electron chi connectivity index (χ0n) is 15.7. The van der Waals surface area contributed by atoms with Crippen molar-refractivity contribution in [3.63, 3.8) is 0 Å². The smallest absolute Gasteiger partial charge is 0.0498 e. The van der Waals surface area contributed by atoms with Crippen molar-refractivity contribution in [2.75, 3.05) is 12.5 Å². The van der Waals surface area contributed by atoms with Crippen LogP contribution in [-0.2, 0) is 21.6 Å². The molecule has 0 amide bonds. The third-order valence-corrected chi connectivity index (χ3v) is 6.75. The number of hydrogen-bond donors (Lipinski definition) is 0. The quantitative estimate of drug-likeness (QED) is 0.440. The summed E-state index contributed by atoms with van der Waals surface area (Å²) < 4.78 is 23.2. The summed E-state index contributed by atoms with van der Waals surface area (Å²) in [6, 6.07) is 28.6. The van der Waals surface area contributed by atoms with Crippen LogP contribution in [0.5, 0.6) is 0 Å². The van der Waals surface area contributed by atoms with Gasteiger partial charge in [0, 0.05) is 43.9 Å². The highest BCUT2D eigenvalue weighted by atomic mass is 32.2. The number of fused-ring (bicyclic) bond motifs is 1. The molecule has 2 atom stereocenters. The number of hydrogen-bond acceptors (Lipinski definition) is 2. The molecule has 0 aliphatic carbocycles. The third kappa shape index (κ3) is 3.84. The highest BCUT2D eigenvalue weighted by molar-refractivity contribution is 7.84. The van der Waals surface area contributed by atoms with Gasteiger partial charge >= 0.3 is 0 Å². The Bertz CT molecular complexity index is 1100. The van der Waals surface area contributed by atoms with Crippen LogP contribution < -0.4 is 0 Å². The number of rotatable bonds is 4. The molecule has 0 saturated heterocycles. The first-order chi connectivity index (χ1) is 13.5. The fraction of sp³-hybridized carbons (Fsp3) is 0.0833. The molecule has 0 fully saturated rings. The van der Waals surface area contributed by atoms with Crippen LogP contribution in [0.15, 0.2) is 94.7 Å². The van der Waals surface area contributed by atoms with E-state index < -0.39 is 21.6 Å². The van der Waals surface area contributed by atoms with Crippen molar-refractivity contribution in [3.05, 3.63) is 84.9 Å². The molecule has 0 saturated carbocycles. The average Bonchev–Trinajstić information content (AvgIpc) is 2.73. The standard InChI is InChI=1S/C24H20O2S2/c1-27(25)23-11-7-17(8-12-23)20-5-3-19-4-6-21(16-22(19)15-20)18-9-13-24(14-10-18)28(2)26/h3-16H,1-2H3. The molecule has 28 heavy (non-hydrogen) atoms. The zero-order chi connectivity index (χ0) is 19.7. The number of benzene rings is 4. The van der Waals surface area contributed by atoms with Crippen LogP contribution in [-0.4, -0.2) is 20.9 Å². The minimum absolute atomic E-state index is 0.836. The van der Waals surface area contributed by atoms with E-state index >= 15 is 0 Å². The van der Waals surface area contributed by atoms with Crippen molar-refractivity contribution in [1.29, 1.82) is 0 Å². The summed E-state index contributed by atoms with van der Waals surface area (Å²) in [5, 5.41) is 2.35. The summed E-state index contributed by atoms with van der Waals surface area (Å²) in [5.74, 6) is 0. The van der Waals surface area contributed by atoms with Gasteiger partial charge in [-0.15, -0.1) is 0 Å². The fourth-order valence-electron chi connectivity index (χ4n) is 3.28. The van der Waals surface area contributed by atoms with Gasteiger partial charge in [-0.2, -0.15) is 0 Å². The van der Waals surface area contributed by atoms with E-state index in [1.54, 1.807) is 12.5 Å². The van der Waals surface area contributed by atoms with Gasteiger partial charge in [0.05, 0.1) is 0 Å². The Kier molecular flexibility index (Phi) is 5.25. The lowest BCUT2D eigenvalue weighted by Crippen LogP contribution is -1.88. The van der Waals surface area contributed by atoms with Gasteiger partial charge in [0.1, 0.15) is 0 Å². The van der Waals surface area contributed by atoms with Crippen molar-refractivity contribution < 1.29 is 8.42 Å². The van der Waals surface area contributed by atoms with E-state index in [0.29, 0.717) is 0 Å². The fourth-order valence-corrected chi connectivity index (χ4v) is 4.32. The SMILES string of the molecule is CS(=O)c1ccc(-c2ccc3ccc(-c4ccc(S(C)=O)cc4)cc3c2)cc1. The van der Waals surface area contributed by atoms with Gasteiger partial charge in [0.15, 0.2) is 0 Å². The predicted molar refractivity (Wildman–Crippen MR) is 119 cm³/mol. The van der Waals surface area contributed by atoms with Crippen LogP contribution in [0.1, 0.15) is 0 Å². The van der Waals surface area contributed by atoms with Gasteiger partial charge in [0.2, 0.25) is 0 Å². The van der Waals surface area contributed by atoms with Crippen LogP contribution in [0.25, 0.3) is 33.0 Å². The Hall–Kier alpha value is -2.56. The molecule has 4 heteroatoms. The molecule has 0 aromatic heterocycles. The average molecular weight is 405 g/mol. The molecule has 0 N–H and O–H groups in total. The largest absolute Gasteiger partial charge is 0.255 e. The van der Waals surface area contributed by atoms with Crippen molar-refractivity contribution in [3.8, 4) is 22.3 Å². The Labute approximate surface area is 170 Å². The van der Waals surface area contributed by atoms with Crippen molar-refractivity contribution in [2.45, 2.75) is 9.79 Å². The second-order valence-corrected chi connectivity index (χ2v) is 9.49. The maximum absolute atomic E-state index is 11.6. The van der Waals surface area contributed by atoms with Gasteiger partial charge in [-0.25, -0.2) is 0 Å². The first-order valence-electron chi connectivity index (χ1n) is 8.93. The Morgan fingerprint density at radius 3 is 1.18 bits per heavy atom. The van der Waals surface area contributed by atoms with Crippen molar-refractivity contribution in [2.24, 2.45) is 0 Å². The Morgan fingerprint density at radius 2 is 0.821 bits per heavy atom. The lowest BCUT2D eigenvalue weighted by Gasteiger charge is -2.08. The van der Waals surface area contributed by atoms with E-state index in [1.165, 1.54) is 10.8 Å². The van der Waals surface area contributed by atoms with Gasteiger partial charge in [0.25, 0.3) is 0 Å². The van der Waals surface area contributed by atoms with Crippen LogP contribution in [0, 0.1) is 0 Å². The lowest BCUT2D eigenvalue weighted by molar-refractivity contribution is 0.686. The molecule has 0 heterocycles. The first-order valence-corrected chi connectivity index (χ1v) is 12.0. The molecule has 4 rings (SSSR count). The zero-order valence-corrected chi connectivity index (χ0v) is 17.3. The van der Waals surface area contributed by atoms with E-state index in [4.69, 9.17) is 0 Å². The molecule has 0 spiro atoms. The van der Waals surface area contributed by atoms with Gasteiger partial charge in [-0.1, -0.05) is 48.5 Å². The lowest BCUT2D eigenvalue weighted by atomic mass is 9.98. The van der Waals surface area contributed by atoms with Gasteiger partial charge in [-0.05, 0) is 69.4 Å². The second kappa shape index (κ2) is 7.82. The minimum Gasteiger partial charge on any atom is -0.255 e. The van der Waals surface area contributed by atoms with E-state index in [2.05, 4.69) is 36.4 Å². The van der Waals surface area contributed by atoms with E-state index in [9.17, 15) is 8.42 Å². The minimum atomic E-state index is -0.964. The summed E-state index contributed by atoms with van der Waals surface area (Å²) in [6.07, 6.45) is 3.38. The van der Waals surface area contributed by atoms with Crippen molar-refractivity contribution >= 4 is 32.4 Å². The van der Waals surface area contributed by atoms with Crippen LogP contribution in [0.2, 0.25) is 0 Å². The predicted octanol–water partition coefficient (Wildman–Crippen LogP) is 5.65. The molecule has 2 nitrogen and oxygen atoms in total. The Morgan fingerprint density at radius 1 is 0.464 bits per heavy atom. The molecule has 2 unspecified atom stereocenters. The Balaban J connectivity index is 1.72. The van der Waals surface area contributed by atoms with Crippen LogP contribution in [0.3, 0.4) is 0 Å². The summed E-state index contributed by atoms with van der Waals surface area (Å²) in [6.45, 7) is 0. The highest BCUT2D eigenvalue weighted by Crippen LogP contribution is 2.29. The summed E-state index contributed by atoms with van der Waals surface area (Å²) in [5.41, 5.74) is 4.48. The highest BCUT2D eigenvalue weighted by Gasteiger charge is 2.05. The maximum atomic E-state index is 11.6.